The van der Waals surface area contributed by atoms with Gasteiger partial charge in [0.2, 0.25) is 0 Å². The first kappa shape index (κ1) is 21.4. The van der Waals surface area contributed by atoms with Gasteiger partial charge in [0, 0.05) is 23.0 Å². The van der Waals surface area contributed by atoms with Crippen molar-refractivity contribution in [1.29, 1.82) is 0 Å². The van der Waals surface area contributed by atoms with Crippen molar-refractivity contribution in [3.8, 4) is 0 Å². The topological polar surface area (TPSA) is 113 Å². The number of nitro benzene ring substituents is 1. The highest BCUT2D eigenvalue weighted by Crippen LogP contribution is 2.37. The lowest BCUT2D eigenvalue weighted by molar-refractivity contribution is -0.387. The van der Waals surface area contributed by atoms with E-state index in [1.165, 1.54) is 24.2 Å². The molecule has 0 radical (unpaired) electrons. The molecule has 1 aromatic carbocycles. The Morgan fingerprint density at radius 1 is 1.37 bits per heavy atom. The molecule has 0 aliphatic heterocycles. The molecule has 2 N–H and O–H groups in total. The third-order valence-electron chi connectivity index (χ3n) is 3.36. The lowest BCUT2D eigenvalue weighted by Crippen LogP contribution is -2.02. The number of rotatable bonds is 6. The summed E-state index contributed by atoms with van der Waals surface area (Å²) in [5, 5.41) is 13.0. The number of aryl methyl sites for hydroxylation is 1. The number of anilines is 1. The minimum atomic E-state index is -0.464. The maximum absolute atomic E-state index is 11.3. The molecule has 27 heavy (non-hydrogen) atoms. The van der Waals surface area contributed by atoms with E-state index in [-0.39, 0.29) is 11.5 Å². The van der Waals surface area contributed by atoms with Crippen LogP contribution in [0.4, 0.5) is 11.5 Å². The van der Waals surface area contributed by atoms with Crippen LogP contribution in [0.1, 0.15) is 20.3 Å². The van der Waals surface area contributed by atoms with Gasteiger partial charge >= 0.3 is 0 Å². The Morgan fingerprint density at radius 2 is 2.11 bits per heavy atom. The highest BCUT2D eigenvalue weighted by atomic mass is 79.9. The number of nitrogen functional groups attached to an aromatic ring is 1. The third kappa shape index (κ3) is 4.88. The number of hydrogen-bond acceptors (Lipinski definition) is 7. The van der Waals surface area contributed by atoms with E-state index in [2.05, 4.69) is 30.9 Å². The van der Waals surface area contributed by atoms with Crippen molar-refractivity contribution in [3.63, 3.8) is 0 Å². The first-order chi connectivity index (χ1) is 13.0. The molecular formula is C16H18BrClN6O2S. The molecule has 0 fully saturated rings. The van der Waals surface area contributed by atoms with E-state index < -0.39 is 4.92 Å². The molecule has 0 amide bonds. The minimum absolute atomic E-state index is 0.0735. The molecule has 0 spiro atoms. The van der Waals surface area contributed by atoms with E-state index in [9.17, 15) is 10.1 Å². The van der Waals surface area contributed by atoms with Crippen molar-refractivity contribution >= 4 is 62.0 Å². The van der Waals surface area contributed by atoms with Gasteiger partial charge in [0.15, 0.2) is 22.1 Å². The van der Waals surface area contributed by atoms with Crippen LogP contribution in [-0.4, -0.2) is 29.8 Å². The van der Waals surface area contributed by atoms with Gasteiger partial charge in [-0.25, -0.2) is 15.0 Å². The van der Waals surface area contributed by atoms with Gasteiger partial charge in [-0.1, -0.05) is 41.4 Å². The van der Waals surface area contributed by atoms with Crippen LogP contribution in [-0.2, 0) is 6.54 Å². The van der Waals surface area contributed by atoms with Crippen molar-refractivity contribution in [2.45, 2.75) is 36.9 Å². The highest BCUT2D eigenvalue weighted by molar-refractivity contribution is 9.09. The summed E-state index contributed by atoms with van der Waals surface area (Å²) in [5.41, 5.74) is 6.90. The number of aromatic nitrogens is 4. The molecule has 2 heterocycles. The minimum Gasteiger partial charge on any atom is -0.382 e. The number of halogens is 2. The molecule has 3 aromatic rings. The van der Waals surface area contributed by atoms with E-state index in [0.717, 1.165) is 11.8 Å². The Bertz CT molecular complexity index is 952. The van der Waals surface area contributed by atoms with Crippen LogP contribution in [0.5, 0.6) is 0 Å². The summed E-state index contributed by atoms with van der Waals surface area (Å²) < 4.78 is 1.89. The Kier molecular flexibility index (Phi) is 7.81. The van der Waals surface area contributed by atoms with Crippen LogP contribution in [0, 0.1) is 10.1 Å². The van der Waals surface area contributed by atoms with Gasteiger partial charge in [0.1, 0.15) is 6.33 Å². The Morgan fingerprint density at radius 3 is 2.78 bits per heavy atom. The SMILES string of the molecule is CC.Nc1ncnc2c1nc(Sc1ccc(Cl)cc1[N+](=O)[O-])n2CCCBr. The van der Waals surface area contributed by atoms with E-state index >= 15 is 0 Å². The van der Waals surface area contributed by atoms with E-state index in [4.69, 9.17) is 17.3 Å². The molecule has 0 aliphatic rings. The number of nitrogens with zero attached hydrogens (tertiary/aromatic N) is 5. The van der Waals surface area contributed by atoms with Gasteiger partial charge in [-0.2, -0.15) is 0 Å². The first-order valence-corrected chi connectivity index (χ1v) is 10.5. The molecule has 144 valence electrons. The van der Waals surface area contributed by atoms with E-state index in [1.807, 2.05) is 18.4 Å². The molecule has 0 atom stereocenters. The van der Waals surface area contributed by atoms with E-state index in [0.29, 0.717) is 32.8 Å². The molecule has 3 rings (SSSR count). The molecule has 0 bridgehead atoms. The molecule has 11 heteroatoms. The van der Waals surface area contributed by atoms with Crippen molar-refractivity contribution in [3.05, 3.63) is 39.7 Å². The van der Waals surface area contributed by atoms with Crippen LogP contribution < -0.4 is 5.73 Å². The second-order valence-corrected chi connectivity index (χ2v) is 7.23. The fourth-order valence-corrected chi connectivity index (χ4v) is 3.66. The van der Waals surface area contributed by atoms with Gasteiger partial charge in [0.25, 0.3) is 5.69 Å². The number of fused-ring (bicyclic) bond motifs is 1. The number of alkyl halides is 1. The van der Waals surface area contributed by atoms with Gasteiger partial charge in [0.05, 0.1) is 9.82 Å². The summed E-state index contributed by atoms with van der Waals surface area (Å²) >= 11 is 10.5. The maximum atomic E-state index is 11.3. The van der Waals surface area contributed by atoms with Crippen LogP contribution >= 0.6 is 39.3 Å². The largest absolute Gasteiger partial charge is 0.382 e. The predicted octanol–water partition coefficient (Wildman–Crippen LogP) is 4.93. The zero-order chi connectivity index (χ0) is 20.0. The monoisotopic (exact) mass is 472 g/mol. The van der Waals surface area contributed by atoms with Crippen LogP contribution in [0.25, 0.3) is 11.2 Å². The van der Waals surface area contributed by atoms with Crippen molar-refractivity contribution < 1.29 is 4.92 Å². The summed E-state index contributed by atoms with van der Waals surface area (Å²) in [6, 6.07) is 4.54. The van der Waals surface area contributed by atoms with Gasteiger partial charge in [-0.05, 0) is 30.3 Å². The summed E-state index contributed by atoms with van der Waals surface area (Å²) in [6.45, 7) is 4.64. The van der Waals surface area contributed by atoms with Crippen LogP contribution in [0.2, 0.25) is 5.02 Å². The normalized spacial score (nSPS) is 10.5. The number of nitrogens with two attached hydrogens (primary N) is 1. The number of imidazole rings is 1. The van der Waals surface area contributed by atoms with Crippen molar-refractivity contribution in [1.82, 2.24) is 19.5 Å². The van der Waals surface area contributed by atoms with E-state index in [1.54, 1.807) is 12.1 Å². The van der Waals surface area contributed by atoms with Crippen LogP contribution in [0.15, 0.2) is 34.6 Å². The van der Waals surface area contributed by atoms with Gasteiger partial charge in [-0.3, -0.25) is 10.1 Å². The Balaban J connectivity index is 0.00000126. The first-order valence-electron chi connectivity index (χ1n) is 8.15. The number of hydrogen-bond donors (Lipinski definition) is 1. The number of nitro groups is 1. The molecule has 0 saturated heterocycles. The highest BCUT2D eigenvalue weighted by Gasteiger charge is 2.20. The lowest BCUT2D eigenvalue weighted by Gasteiger charge is -2.07. The maximum Gasteiger partial charge on any atom is 0.284 e. The fraction of sp³-hybridized carbons (Fsp3) is 0.312. The lowest BCUT2D eigenvalue weighted by atomic mass is 10.3. The Hall–Kier alpha value is -1.91. The summed E-state index contributed by atoms with van der Waals surface area (Å²) in [7, 11) is 0. The smallest absolute Gasteiger partial charge is 0.284 e. The van der Waals surface area contributed by atoms with Crippen molar-refractivity contribution in [2.75, 3.05) is 11.1 Å². The van der Waals surface area contributed by atoms with Gasteiger partial charge < -0.3 is 10.3 Å². The molecule has 0 unspecified atom stereocenters. The third-order valence-corrected chi connectivity index (χ3v) is 5.21. The second-order valence-electron chi connectivity index (χ2n) is 4.99. The molecule has 0 saturated carbocycles. The zero-order valence-corrected chi connectivity index (χ0v) is 17.9. The average molecular weight is 474 g/mol. The predicted molar refractivity (Wildman–Crippen MR) is 112 cm³/mol. The Labute approximate surface area is 173 Å². The quantitative estimate of drug-likeness (QED) is 0.307. The zero-order valence-electron chi connectivity index (χ0n) is 14.7. The summed E-state index contributed by atoms with van der Waals surface area (Å²) in [5.74, 6) is 0.273. The molecule has 0 aliphatic carbocycles. The molecule has 2 aromatic heterocycles. The molecule has 8 nitrogen and oxygen atoms in total. The fourth-order valence-electron chi connectivity index (χ4n) is 2.25. The number of benzene rings is 1. The van der Waals surface area contributed by atoms with Gasteiger partial charge in [-0.15, -0.1) is 0 Å². The van der Waals surface area contributed by atoms with Crippen LogP contribution in [0.3, 0.4) is 0 Å². The standard InChI is InChI=1S/C14H12BrClN6O2S.C2H6/c15-4-1-5-21-13-11(12(17)18-7-19-13)20-14(21)25-10-3-2-8(16)6-9(10)22(23)24;1-2/h2-3,6-7H,1,4-5H2,(H2,17,18,19);1-2H3. The van der Waals surface area contributed by atoms with Crippen molar-refractivity contribution in [2.24, 2.45) is 0 Å². The summed E-state index contributed by atoms with van der Waals surface area (Å²) in [6.07, 6.45) is 2.22. The second kappa shape index (κ2) is 9.86. The molecular weight excluding hydrogens is 456 g/mol. The summed E-state index contributed by atoms with van der Waals surface area (Å²) in [4.78, 5) is 24.0. The average Bonchev–Trinajstić information content (AvgIpc) is 3.01.